The van der Waals surface area contributed by atoms with E-state index in [1.165, 1.54) is 36.5 Å². The van der Waals surface area contributed by atoms with Crippen molar-refractivity contribution in [3.8, 4) is 11.5 Å². The van der Waals surface area contributed by atoms with Crippen LogP contribution < -0.4 is 10.2 Å². The molecule has 0 aliphatic rings. The third kappa shape index (κ3) is 4.70. The number of hydrogen-bond donors (Lipinski definition) is 3. The fourth-order valence-electron chi connectivity index (χ4n) is 1.76. The average Bonchev–Trinajstić information content (AvgIpc) is 2.50. The highest BCUT2D eigenvalue weighted by Gasteiger charge is 2.08. The molecule has 0 saturated heterocycles. The van der Waals surface area contributed by atoms with Crippen LogP contribution in [0, 0.1) is 0 Å². The zero-order chi connectivity index (χ0) is 16.9. The lowest BCUT2D eigenvalue weighted by Gasteiger charge is -2.06. The van der Waals surface area contributed by atoms with Gasteiger partial charge in [0.1, 0.15) is 0 Å². The third-order valence-electron chi connectivity index (χ3n) is 2.84. The molecule has 0 aliphatic heterocycles. The summed E-state index contributed by atoms with van der Waals surface area (Å²) in [6.45, 7) is 2.25. The van der Waals surface area contributed by atoms with Gasteiger partial charge in [-0.15, -0.1) is 0 Å². The highest BCUT2D eigenvalue weighted by molar-refractivity contribution is 7.85. The Bertz CT molecular complexity index is 801. The van der Waals surface area contributed by atoms with Gasteiger partial charge in [-0.05, 0) is 55.0 Å². The lowest BCUT2D eigenvalue weighted by Crippen LogP contribution is -1.98. The predicted molar refractivity (Wildman–Crippen MR) is 86.7 cm³/mol. The molecule has 8 heteroatoms. The van der Waals surface area contributed by atoms with Gasteiger partial charge in [0.15, 0.2) is 11.5 Å². The molecule has 0 atom stereocenters. The van der Waals surface area contributed by atoms with Crippen molar-refractivity contribution >= 4 is 22.0 Å². The molecule has 0 spiro atoms. The average molecular weight is 336 g/mol. The minimum absolute atomic E-state index is 0.0535. The van der Waals surface area contributed by atoms with Crippen LogP contribution in [0.4, 0.5) is 5.69 Å². The first kappa shape index (κ1) is 16.8. The largest absolute Gasteiger partial charge is 0.504 e. The Morgan fingerprint density at radius 1 is 1.22 bits per heavy atom. The summed E-state index contributed by atoms with van der Waals surface area (Å²) >= 11 is 0. The first-order chi connectivity index (χ1) is 10.9. The van der Waals surface area contributed by atoms with Gasteiger partial charge in [0, 0.05) is 0 Å². The molecule has 2 aromatic rings. The first-order valence-electron chi connectivity index (χ1n) is 6.72. The number of ether oxygens (including phenoxy) is 1. The second-order valence-electron chi connectivity index (χ2n) is 4.53. The Morgan fingerprint density at radius 2 is 1.91 bits per heavy atom. The highest BCUT2D eigenvalue weighted by atomic mass is 32.2. The molecule has 23 heavy (non-hydrogen) atoms. The van der Waals surface area contributed by atoms with Gasteiger partial charge < -0.3 is 9.84 Å². The van der Waals surface area contributed by atoms with Crippen molar-refractivity contribution in [2.75, 3.05) is 12.0 Å². The molecular formula is C15H16N2O5S. The number of nitrogens with zero attached hydrogens (tertiary/aromatic N) is 1. The van der Waals surface area contributed by atoms with Crippen LogP contribution in [0.1, 0.15) is 12.5 Å². The molecule has 7 nitrogen and oxygen atoms in total. The maximum Gasteiger partial charge on any atom is 0.294 e. The second-order valence-corrected chi connectivity index (χ2v) is 5.95. The van der Waals surface area contributed by atoms with Crippen LogP contribution in [0.2, 0.25) is 0 Å². The topological polar surface area (TPSA) is 108 Å². The van der Waals surface area contributed by atoms with Crippen molar-refractivity contribution in [3.63, 3.8) is 0 Å². The maximum atomic E-state index is 10.9. The summed E-state index contributed by atoms with van der Waals surface area (Å²) in [5.41, 5.74) is 4.00. The third-order valence-corrected chi connectivity index (χ3v) is 3.71. The molecule has 0 amide bonds. The van der Waals surface area contributed by atoms with E-state index in [4.69, 9.17) is 9.29 Å². The van der Waals surface area contributed by atoms with Gasteiger partial charge >= 0.3 is 0 Å². The van der Waals surface area contributed by atoms with E-state index < -0.39 is 10.1 Å². The zero-order valence-corrected chi connectivity index (χ0v) is 13.1. The Labute approximate surface area is 134 Å². The van der Waals surface area contributed by atoms with Gasteiger partial charge in [0.05, 0.1) is 23.4 Å². The molecule has 0 aromatic heterocycles. The molecule has 2 rings (SSSR count). The molecular weight excluding hydrogens is 320 g/mol. The van der Waals surface area contributed by atoms with Crippen molar-refractivity contribution in [2.24, 2.45) is 5.10 Å². The van der Waals surface area contributed by atoms with Crippen molar-refractivity contribution in [2.45, 2.75) is 11.8 Å². The van der Waals surface area contributed by atoms with E-state index in [2.05, 4.69) is 10.5 Å². The Kier molecular flexibility index (Phi) is 5.20. The summed E-state index contributed by atoms with van der Waals surface area (Å²) in [5, 5.41) is 13.6. The molecule has 0 radical (unpaired) electrons. The zero-order valence-electron chi connectivity index (χ0n) is 12.3. The minimum Gasteiger partial charge on any atom is -0.504 e. The van der Waals surface area contributed by atoms with Gasteiger partial charge in [0.25, 0.3) is 10.1 Å². The summed E-state index contributed by atoms with van der Waals surface area (Å²) in [4.78, 5) is -0.188. The SMILES string of the molecule is CCOc1cc(/C=N/Nc2ccc(S(=O)(=O)O)cc2)ccc1O. The van der Waals surface area contributed by atoms with Gasteiger partial charge in [-0.25, -0.2) is 0 Å². The minimum atomic E-state index is -4.20. The number of nitrogens with one attached hydrogen (secondary N) is 1. The Morgan fingerprint density at radius 3 is 2.52 bits per heavy atom. The number of phenolic OH excluding ortho intramolecular Hbond substituents is 1. The van der Waals surface area contributed by atoms with E-state index in [9.17, 15) is 13.5 Å². The fraction of sp³-hybridized carbons (Fsp3) is 0.133. The normalized spacial score (nSPS) is 11.6. The molecule has 0 fully saturated rings. The van der Waals surface area contributed by atoms with E-state index in [0.29, 0.717) is 23.6 Å². The Hall–Kier alpha value is -2.58. The van der Waals surface area contributed by atoms with Crippen LogP contribution in [0.3, 0.4) is 0 Å². The molecule has 2 aromatic carbocycles. The summed E-state index contributed by atoms with van der Waals surface area (Å²) in [5.74, 6) is 0.423. The fourth-order valence-corrected chi connectivity index (χ4v) is 2.24. The van der Waals surface area contributed by atoms with Crippen LogP contribution in [-0.4, -0.2) is 30.9 Å². The number of benzene rings is 2. The molecule has 0 aliphatic carbocycles. The van der Waals surface area contributed by atoms with Crippen LogP contribution in [0.5, 0.6) is 11.5 Å². The molecule has 0 bridgehead atoms. The van der Waals surface area contributed by atoms with Crippen LogP contribution in [0.15, 0.2) is 52.5 Å². The second kappa shape index (κ2) is 7.12. The van der Waals surface area contributed by atoms with Crippen molar-refractivity contribution < 1.29 is 22.8 Å². The predicted octanol–water partition coefficient (Wildman–Crippen LogP) is 2.48. The number of hydrazone groups is 1. The standard InChI is InChI=1S/C15H16N2O5S/c1-2-22-15-9-11(3-8-14(15)18)10-16-17-12-4-6-13(7-5-12)23(19,20)21/h3-10,17-18H,2H2,1H3,(H,19,20,21)/b16-10+. The van der Waals surface area contributed by atoms with Gasteiger partial charge in [0.2, 0.25) is 0 Å². The highest BCUT2D eigenvalue weighted by Crippen LogP contribution is 2.26. The number of anilines is 1. The lowest BCUT2D eigenvalue weighted by molar-refractivity contribution is 0.318. The number of aromatic hydroxyl groups is 1. The van der Waals surface area contributed by atoms with Crippen molar-refractivity contribution in [1.82, 2.24) is 0 Å². The molecule has 0 unspecified atom stereocenters. The smallest absolute Gasteiger partial charge is 0.294 e. The van der Waals surface area contributed by atoms with E-state index in [-0.39, 0.29) is 10.6 Å². The molecule has 122 valence electrons. The van der Waals surface area contributed by atoms with Gasteiger partial charge in [-0.3, -0.25) is 9.98 Å². The van der Waals surface area contributed by atoms with E-state index in [1.807, 2.05) is 6.92 Å². The summed E-state index contributed by atoms with van der Waals surface area (Å²) in [6.07, 6.45) is 1.53. The van der Waals surface area contributed by atoms with Crippen LogP contribution in [-0.2, 0) is 10.1 Å². The summed E-state index contributed by atoms with van der Waals surface area (Å²) in [7, 11) is -4.20. The Balaban J connectivity index is 2.05. The lowest BCUT2D eigenvalue weighted by atomic mass is 10.2. The first-order valence-corrected chi connectivity index (χ1v) is 8.16. The molecule has 3 N–H and O–H groups in total. The van der Waals surface area contributed by atoms with Crippen LogP contribution in [0.25, 0.3) is 0 Å². The van der Waals surface area contributed by atoms with Gasteiger partial charge in [-0.2, -0.15) is 13.5 Å². The monoisotopic (exact) mass is 336 g/mol. The summed E-state index contributed by atoms with van der Waals surface area (Å²) in [6, 6.07) is 10.3. The number of hydrogen-bond acceptors (Lipinski definition) is 6. The van der Waals surface area contributed by atoms with E-state index in [0.717, 1.165) is 0 Å². The molecule has 0 heterocycles. The summed E-state index contributed by atoms with van der Waals surface area (Å²) < 4.78 is 36.0. The maximum absolute atomic E-state index is 10.9. The van der Waals surface area contributed by atoms with Crippen LogP contribution >= 0.6 is 0 Å². The van der Waals surface area contributed by atoms with Crippen molar-refractivity contribution in [3.05, 3.63) is 48.0 Å². The quantitative estimate of drug-likeness (QED) is 0.425. The van der Waals surface area contributed by atoms with Gasteiger partial charge in [-0.1, -0.05) is 0 Å². The van der Waals surface area contributed by atoms with E-state index in [1.54, 1.807) is 12.1 Å². The number of rotatable bonds is 6. The van der Waals surface area contributed by atoms with E-state index >= 15 is 0 Å². The van der Waals surface area contributed by atoms with Crippen molar-refractivity contribution in [1.29, 1.82) is 0 Å². The number of phenols is 1. The molecule has 0 saturated carbocycles.